The fourth-order valence-corrected chi connectivity index (χ4v) is 3.63. The van der Waals surface area contributed by atoms with Gasteiger partial charge < -0.3 is 14.8 Å². The molecule has 1 aliphatic heterocycles. The molecular formula is C20H17NO3S. The van der Waals surface area contributed by atoms with Crippen molar-refractivity contribution in [2.24, 2.45) is 0 Å². The van der Waals surface area contributed by atoms with E-state index < -0.39 is 0 Å². The molecule has 1 atom stereocenters. The lowest BCUT2D eigenvalue weighted by Gasteiger charge is -2.13. The number of carbonyl (C=O) groups is 1. The molecule has 0 unspecified atom stereocenters. The van der Waals surface area contributed by atoms with Gasteiger partial charge in [-0.2, -0.15) is 0 Å². The molecule has 3 aromatic rings. The molecule has 1 amide bonds. The van der Waals surface area contributed by atoms with Crippen molar-refractivity contribution in [3.8, 4) is 11.5 Å². The van der Waals surface area contributed by atoms with Gasteiger partial charge in [0.25, 0.3) is 0 Å². The summed E-state index contributed by atoms with van der Waals surface area (Å²) >= 11 is 1.54. The molecule has 0 saturated carbocycles. The minimum absolute atomic E-state index is 0.0444. The van der Waals surface area contributed by atoms with E-state index in [2.05, 4.69) is 35.6 Å². The topological polar surface area (TPSA) is 47.6 Å². The van der Waals surface area contributed by atoms with Crippen molar-refractivity contribution in [2.45, 2.75) is 17.1 Å². The zero-order valence-corrected chi connectivity index (χ0v) is 14.5. The predicted octanol–water partition coefficient (Wildman–Crippen LogP) is 4.69. The molecule has 0 fully saturated rings. The quantitative estimate of drug-likeness (QED) is 0.693. The highest BCUT2D eigenvalue weighted by atomic mass is 32.2. The minimum Gasteiger partial charge on any atom is -0.454 e. The molecule has 0 saturated heterocycles. The number of fused-ring (bicyclic) bond motifs is 2. The maximum Gasteiger partial charge on any atom is 0.237 e. The van der Waals surface area contributed by atoms with Crippen molar-refractivity contribution in [2.75, 3.05) is 12.1 Å². The Kier molecular flexibility index (Phi) is 4.24. The Labute approximate surface area is 150 Å². The average molecular weight is 351 g/mol. The number of anilines is 1. The lowest BCUT2D eigenvalue weighted by atomic mass is 10.1. The predicted molar refractivity (Wildman–Crippen MR) is 100 cm³/mol. The van der Waals surface area contributed by atoms with E-state index in [1.54, 1.807) is 23.9 Å². The molecule has 0 aromatic heterocycles. The number of nitrogens with one attached hydrogen (secondary N) is 1. The lowest BCUT2D eigenvalue weighted by Crippen LogP contribution is -2.22. The summed E-state index contributed by atoms with van der Waals surface area (Å²) in [4.78, 5) is 13.6. The third kappa shape index (κ3) is 3.42. The Morgan fingerprint density at radius 2 is 1.80 bits per heavy atom. The fraction of sp³-hybridized carbons (Fsp3) is 0.150. The molecule has 0 aliphatic carbocycles. The van der Waals surface area contributed by atoms with E-state index in [1.807, 2.05) is 25.1 Å². The van der Waals surface area contributed by atoms with Crippen LogP contribution in [0.15, 0.2) is 65.6 Å². The summed E-state index contributed by atoms with van der Waals surface area (Å²) in [5.41, 5.74) is 0.709. The van der Waals surface area contributed by atoms with Crippen molar-refractivity contribution < 1.29 is 14.3 Å². The summed E-state index contributed by atoms with van der Waals surface area (Å²) in [5.74, 6) is 1.32. The van der Waals surface area contributed by atoms with Crippen molar-refractivity contribution in [1.82, 2.24) is 0 Å². The van der Waals surface area contributed by atoms with Crippen LogP contribution < -0.4 is 14.8 Å². The fourth-order valence-electron chi connectivity index (χ4n) is 2.72. The molecule has 0 bridgehead atoms. The van der Waals surface area contributed by atoms with Gasteiger partial charge in [-0.25, -0.2) is 0 Å². The molecule has 5 heteroatoms. The Balaban J connectivity index is 1.44. The number of hydrogen-bond donors (Lipinski definition) is 1. The number of rotatable bonds is 4. The number of amides is 1. The number of thioether (sulfide) groups is 1. The zero-order valence-electron chi connectivity index (χ0n) is 13.7. The monoisotopic (exact) mass is 351 g/mol. The maximum absolute atomic E-state index is 12.5. The highest BCUT2D eigenvalue weighted by molar-refractivity contribution is 8.00. The number of hydrogen-bond acceptors (Lipinski definition) is 4. The summed E-state index contributed by atoms with van der Waals surface area (Å²) in [6, 6.07) is 19.9. The summed E-state index contributed by atoms with van der Waals surface area (Å²) in [6.45, 7) is 2.13. The first-order valence-corrected chi connectivity index (χ1v) is 8.93. The minimum atomic E-state index is -0.216. The van der Waals surface area contributed by atoms with Gasteiger partial charge in [0.1, 0.15) is 0 Å². The number of carbonyl (C=O) groups excluding carboxylic acids is 1. The van der Waals surface area contributed by atoms with Crippen LogP contribution in [-0.2, 0) is 4.79 Å². The second-order valence-corrected chi connectivity index (χ2v) is 7.24. The van der Waals surface area contributed by atoms with E-state index in [0.717, 1.165) is 4.90 Å². The molecule has 1 aliphatic rings. The summed E-state index contributed by atoms with van der Waals surface area (Å²) in [7, 11) is 0. The first-order chi connectivity index (χ1) is 12.2. The van der Waals surface area contributed by atoms with Crippen LogP contribution in [0.1, 0.15) is 6.92 Å². The first kappa shape index (κ1) is 15.8. The van der Waals surface area contributed by atoms with E-state index >= 15 is 0 Å². The van der Waals surface area contributed by atoms with E-state index in [9.17, 15) is 4.79 Å². The van der Waals surface area contributed by atoms with Crippen LogP contribution in [0.4, 0.5) is 5.69 Å². The van der Waals surface area contributed by atoms with Crippen LogP contribution in [0.25, 0.3) is 10.8 Å². The normalized spacial score (nSPS) is 13.6. The lowest BCUT2D eigenvalue weighted by molar-refractivity contribution is -0.115. The van der Waals surface area contributed by atoms with Gasteiger partial charge in [-0.1, -0.05) is 30.3 Å². The molecular weight excluding hydrogens is 334 g/mol. The van der Waals surface area contributed by atoms with E-state index in [4.69, 9.17) is 9.47 Å². The molecule has 1 heterocycles. The van der Waals surface area contributed by atoms with Crippen molar-refractivity contribution in [3.63, 3.8) is 0 Å². The molecule has 4 nitrogen and oxygen atoms in total. The van der Waals surface area contributed by atoms with Crippen LogP contribution >= 0.6 is 11.8 Å². The second kappa shape index (κ2) is 6.69. The van der Waals surface area contributed by atoms with Crippen molar-refractivity contribution >= 4 is 34.1 Å². The molecule has 4 rings (SSSR count). The zero-order chi connectivity index (χ0) is 17.2. The van der Waals surface area contributed by atoms with E-state index in [1.165, 1.54) is 10.8 Å². The van der Waals surface area contributed by atoms with Crippen molar-refractivity contribution in [1.29, 1.82) is 0 Å². The van der Waals surface area contributed by atoms with Crippen LogP contribution in [0.5, 0.6) is 11.5 Å². The third-order valence-corrected chi connectivity index (χ3v) is 5.14. The van der Waals surface area contributed by atoms with E-state index in [0.29, 0.717) is 17.2 Å². The van der Waals surface area contributed by atoms with Gasteiger partial charge >= 0.3 is 0 Å². The molecule has 0 spiro atoms. The Bertz CT molecular complexity index is 941. The molecule has 0 radical (unpaired) electrons. The number of ether oxygens (including phenoxy) is 2. The second-order valence-electron chi connectivity index (χ2n) is 5.83. The first-order valence-electron chi connectivity index (χ1n) is 8.05. The largest absolute Gasteiger partial charge is 0.454 e. The smallest absolute Gasteiger partial charge is 0.237 e. The number of benzene rings is 3. The SMILES string of the molecule is C[C@H](Sc1ccc2ccccc2c1)C(=O)Nc1ccc2c(c1)OCO2. The van der Waals surface area contributed by atoms with Crippen LogP contribution in [0.2, 0.25) is 0 Å². The molecule has 3 aromatic carbocycles. The van der Waals surface area contributed by atoms with Gasteiger partial charge in [-0.15, -0.1) is 11.8 Å². The van der Waals surface area contributed by atoms with Gasteiger partial charge in [-0.05, 0) is 42.0 Å². The van der Waals surface area contributed by atoms with Gasteiger partial charge in [0, 0.05) is 16.6 Å². The Hall–Kier alpha value is -2.66. The van der Waals surface area contributed by atoms with Crippen LogP contribution in [0.3, 0.4) is 0 Å². The summed E-state index contributed by atoms with van der Waals surface area (Å²) in [6.07, 6.45) is 0. The van der Waals surface area contributed by atoms with Crippen LogP contribution in [0, 0.1) is 0 Å². The summed E-state index contributed by atoms with van der Waals surface area (Å²) < 4.78 is 10.6. The molecule has 25 heavy (non-hydrogen) atoms. The molecule has 1 N–H and O–H groups in total. The Morgan fingerprint density at radius 3 is 2.68 bits per heavy atom. The average Bonchev–Trinajstić information content (AvgIpc) is 3.09. The highest BCUT2D eigenvalue weighted by Crippen LogP contribution is 2.34. The van der Waals surface area contributed by atoms with Crippen LogP contribution in [-0.4, -0.2) is 18.0 Å². The summed E-state index contributed by atoms with van der Waals surface area (Å²) in [5, 5.41) is 5.09. The Morgan fingerprint density at radius 1 is 1.00 bits per heavy atom. The van der Waals surface area contributed by atoms with Gasteiger partial charge in [0.2, 0.25) is 12.7 Å². The third-order valence-electron chi connectivity index (χ3n) is 4.04. The standard InChI is InChI=1S/C20H17NO3S/c1-13(25-17-8-6-14-4-2-3-5-15(14)10-17)20(22)21-16-7-9-18-19(11-16)24-12-23-18/h2-11,13H,12H2,1H3,(H,21,22)/t13-/m0/s1. The van der Waals surface area contributed by atoms with Gasteiger partial charge in [0.05, 0.1) is 5.25 Å². The van der Waals surface area contributed by atoms with Crippen molar-refractivity contribution in [3.05, 3.63) is 60.7 Å². The maximum atomic E-state index is 12.5. The highest BCUT2D eigenvalue weighted by Gasteiger charge is 2.17. The molecule has 126 valence electrons. The van der Waals surface area contributed by atoms with E-state index in [-0.39, 0.29) is 18.0 Å². The van der Waals surface area contributed by atoms with Gasteiger partial charge in [0.15, 0.2) is 11.5 Å². The van der Waals surface area contributed by atoms with Gasteiger partial charge in [-0.3, -0.25) is 4.79 Å².